The molecule has 0 saturated heterocycles. The summed E-state index contributed by atoms with van der Waals surface area (Å²) >= 11 is 5.85. The van der Waals surface area contributed by atoms with Gasteiger partial charge in [-0.3, -0.25) is 4.79 Å². The normalized spacial score (nSPS) is 10.4. The Hall–Kier alpha value is -1.74. The molecule has 2 rings (SSSR count). The van der Waals surface area contributed by atoms with Gasteiger partial charge < -0.3 is 9.30 Å². The molecule has 0 radical (unpaired) electrons. The summed E-state index contributed by atoms with van der Waals surface area (Å²) in [5.41, 5.74) is 1.58. The Kier molecular flexibility index (Phi) is 3.72. The molecule has 3 nitrogen and oxygen atoms in total. The molecule has 0 aliphatic rings. The quantitative estimate of drug-likeness (QED) is 0.793. The summed E-state index contributed by atoms with van der Waals surface area (Å²) in [6.45, 7) is 1.93. The Bertz CT molecular complexity index is 575. The lowest BCUT2D eigenvalue weighted by atomic mass is 10.2. The average molecular weight is 264 g/mol. The second kappa shape index (κ2) is 5.27. The summed E-state index contributed by atoms with van der Waals surface area (Å²) < 4.78 is 7.33. The maximum Gasteiger partial charge on any atom is 0.201 e. The van der Waals surface area contributed by atoms with Crippen molar-refractivity contribution in [1.29, 1.82) is 0 Å². The van der Waals surface area contributed by atoms with E-state index in [2.05, 4.69) is 0 Å². The molecule has 0 fully saturated rings. The van der Waals surface area contributed by atoms with Crippen LogP contribution in [0.3, 0.4) is 0 Å². The van der Waals surface area contributed by atoms with Crippen LogP contribution in [0.25, 0.3) is 0 Å². The molecular formula is C14H14ClNO2. The number of carbonyl (C=O) groups excluding carboxylic acids is 1. The first kappa shape index (κ1) is 12.7. The van der Waals surface area contributed by atoms with Gasteiger partial charge in [-0.05, 0) is 36.8 Å². The zero-order chi connectivity index (χ0) is 13.1. The number of ketones is 1. The van der Waals surface area contributed by atoms with E-state index in [1.807, 2.05) is 30.8 Å². The number of hydrogen-bond donors (Lipinski definition) is 0. The molecule has 0 amide bonds. The predicted molar refractivity (Wildman–Crippen MR) is 71.4 cm³/mol. The number of benzene rings is 1. The van der Waals surface area contributed by atoms with Gasteiger partial charge in [0, 0.05) is 30.0 Å². The van der Waals surface area contributed by atoms with Gasteiger partial charge in [-0.1, -0.05) is 11.6 Å². The van der Waals surface area contributed by atoms with Crippen molar-refractivity contribution >= 4 is 17.4 Å². The van der Waals surface area contributed by atoms with Crippen LogP contribution in [0.15, 0.2) is 36.7 Å². The van der Waals surface area contributed by atoms with Crippen LogP contribution in [0.4, 0.5) is 0 Å². The van der Waals surface area contributed by atoms with Crippen LogP contribution in [0.1, 0.15) is 15.9 Å². The molecule has 0 saturated carbocycles. The third-order valence-corrected chi connectivity index (χ3v) is 2.88. The van der Waals surface area contributed by atoms with Crippen LogP contribution in [-0.2, 0) is 7.05 Å². The van der Waals surface area contributed by atoms with E-state index in [0.29, 0.717) is 16.3 Å². The van der Waals surface area contributed by atoms with Gasteiger partial charge in [0.15, 0.2) is 6.61 Å². The second-order valence-electron chi connectivity index (χ2n) is 4.19. The summed E-state index contributed by atoms with van der Waals surface area (Å²) in [7, 11) is 1.88. The molecule has 0 atom stereocenters. The summed E-state index contributed by atoms with van der Waals surface area (Å²) in [6.07, 6.45) is 3.61. The van der Waals surface area contributed by atoms with Crippen molar-refractivity contribution in [3.8, 4) is 5.75 Å². The van der Waals surface area contributed by atoms with Crippen molar-refractivity contribution in [3.05, 3.63) is 52.8 Å². The van der Waals surface area contributed by atoms with Gasteiger partial charge >= 0.3 is 0 Å². The largest absolute Gasteiger partial charge is 0.485 e. The zero-order valence-electron chi connectivity index (χ0n) is 10.3. The number of nitrogens with zero attached hydrogens (tertiary/aromatic N) is 1. The third kappa shape index (κ3) is 2.93. The Morgan fingerprint density at radius 3 is 2.78 bits per heavy atom. The number of hydrogen-bond acceptors (Lipinski definition) is 2. The Balaban J connectivity index is 2.01. The first-order valence-corrected chi connectivity index (χ1v) is 5.98. The van der Waals surface area contributed by atoms with Crippen LogP contribution in [-0.4, -0.2) is 17.0 Å². The summed E-state index contributed by atoms with van der Waals surface area (Å²) in [6, 6.07) is 7.11. The summed E-state index contributed by atoms with van der Waals surface area (Å²) in [4.78, 5) is 11.8. The Morgan fingerprint density at radius 2 is 2.17 bits per heavy atom. The van der Waals surface area contributed by atoms with Crippen LogP contribution >= 0.6 is 11.6 Å². The topological polar surface area (TPSA) is 31.2 Å². The first-order chi connectivity index (χ1) is 8.56. The minimum absolute atomic E-state index is 0.0342. The van der Waals surface area contributed by atoms with Crippen LogP contribution in [0.2, 0.25) is 5.02 Å². The molecule has 0 aliphatic heterocycles. The highest BCUT2D eigenvalue weighted by Gasteiger charge is 2.09. The molecule has 18 heavy (non-hydrogen) atoms. The third-order valence-electron chi connectivity index (χ3n) is 2.65. The number of ether oxygens (including phenoxy) is 1. The molecule has 0 bridgehead atoms. The lowest BCUT2D eigenvalue weighted by Crippen LogP contribution is -2.11. The molecule has 0 unspecified atom stereocenters. The molecule has 0 aliphatic carbocycles. The van der Waals surface area contributed by atoms with Crippen LogP contribution in [0, 0.1) is 6.92 Å². The van der Waals surface area contributed by atoms with E-state index >= 15 is 0 Å². The number of aryl methyl sites for hydroxylation is 2. The molecule has 1 aromatic heterocycles. The Labute approximate surface area is 111 Å². The summed E-state index contributed by atoms with van der Waals surface area (Å²) in [5.74, 6) is 0.647. The molecule has 2 aromatic rings. The smallest absolute Gasteiger partial charge is 0.201 e. The fourth-order valence-electron chi connectivity index (χ4n) is 1.67. The Morgan fingerprint density at radius 1 is 1.39 bits per heavy atom. The van der Waals surface area contributed by atoms with Gasteiger partial charge in [0.1, 0.15) is 5.75 Å². The van der Waals surface area contributed by atoms with Gasteiger partial charge in [-0.25, -0.2) is 0 Å². The van der Waals surface area contributed by atoms with E-state index in [1.165, 1.54) is 0 Å². The van der Waals surface area contributed by atoms with Crippen molar-refractivity contribution in [3.63, 3.8) is 0 Å². The van der Waals surface area contributed by atoms with E-state index < -0.39 is 0 Å². The highest BCUT2D eigenvalue weighted by atomic mass is 35.5. The molecule has 0 N–H and O–H groups in total. The van der Waals surface area contributed by atoms with E-state index in [4.69, 9.17) is 16.3 Å². The summed E-state index contributed by atoms with van der Waals surface area (Å²) in [5, 5.41) is 0.661. The second-order valence-corrected chi connectivity index (χ2v) is 4.62. The minimum Gasteiger partial charge on any atom is -0.485 e. The van der Waals surface area contributed by atoms with Crippen molar-refractivity contribution in [2.45, 2.75) is 6.92 Å². The number of aromatic nitrogens is 1. The van der Waals surface area contributed by atoms with Crippen molar-refractivity contribution in [2.24, 2.45) is 7.05 Å². The van der Waals surface area contributed by atoms with Crippen molar-refractivity contribution < 1.29 is 9.53 Å². The van der Waals surface area contributed by atoms with Crippen LogP contribution < -0.4 is 4.74 Å². The fraction of sp³-hybridized carbons (Fsp3) is 0.214. The fourth-order valence-corrected chi connectivity index (χ4v) is 1.90. The van der Waals surface area contributed by atoms with Crippen molar-refractivity contribution in [2.75, 3.05) is 6.61 Å². The monoisotopic (exact) mass is 263 g/mol. The van der Waals surface area contributed by atoms with E-state index in [0.717, 1.165) is 5.56 Å². The first-order valence-electron chi connectivity index (χ1n) is 5.60. The van der Waals surface area contributed by atoms with Gasteiger partial charge in [0.2, 0.25) is 5.78 Å². The lowest BCUT2D eigenvalue weighted by Gasteiger charge is -2.08. The lowest BCUT2D eigenvalue weighted by molar-refractivity contribution is 0.0921. The molecule has 0 spiro atoms. The molecular weight excluding hydrogens is 250 g/mol. The maximum atomic E-state index is 11.8. The number of carbonyl (C=O) groups is 1. The number of Topliss-reactive ketones (excluding diaryl/α,β-unsaturated/α-hetero) is 1. The predicted octanol–water partition coefficient (Wildman–Crippen LogP) is 3.25. The van der Waals surface area contributed by atoms with Crippen molar-refractivity contribution in [1.82, 2.24) is 4.57 Å². The molecule has 1 heterocycles. The number of rotatable bonds is 4. The minimum atomic E-state index is -0.0371. The number of halogens is 1. The van der Waals surface area contributed by atoms with Gasteiger partial charge in [0.25, 0.3) is 0 Å². The molecule has 1 aromatic carbocycles. The average Bonchev–Trinajstić information content (AvgIpc) is 2.74. The van der Waals surface area contributed by atoms with E-state index in [-0.39, 0.29) is 12.4 Å². The van der Waals surface area contributed by atoms with E-state index in [9.17, 15) is 4.79 Å². The SMILES string of the molecule is Cc1cc(Cl)ccc1OCC(=O)c1ccn(C)c1. The standard InChI is InChI=1S/C14H14ClNO2/c1-10-7-12(15)3-4-14(10)18-9-13(17)11-5-6-16(2)8-11/h3-8H,9H2,1-2H3. The van der Waals surface area contributed by atoms with Gasteiger partial charge in [0.05, 0.1) is 0 Å². The van der Waals surface area contributed by atoms with Gasteiger partial charge in [-0.15, -0.1) is 0 Å². The van der Waals surface area contributed by atoms with E-state index in [1.54, 1.807) is 24.4 Å². The van der Waals surface area contributed by atoms with Crippen LogP contribution in [0.5, 0.6) is 5.75 Å². The highest BCUT2D eigenvalue weighted by molar-refractivity contribution is 6.30. The maximum absolute atomic E-state index is 11.8. The van der Waals surface area contributed by atoms with Gasteiger partial charge in [-0.2, -0.15) is 0 Å². The molecule has 4 heteroatoms. The molecule has 94 valence electrons. The zero-order valence-corrected chi connectivity index (χ0v) is 11.1. The highest BCUT2D eigenvalue weighted by Crippen LogP contribution is 2.21.